The molecule has 0 aromatic carbocycles. The minimum absolute atomic E-state index is 0.0194. The van der Waals surface area contributed by atoms with Crippen molar-refractivity contribution >= 4 is 38.2 Å². The van der Waals surface area contributed by atoms with Crippen LogP contribution >= 0.6 is 11.8 Å². The van der Waals surface area contributed by atoms with E-state index >= 15 is 0 Å². The number of thioether (sulfide) groups is 1. The summed E-state index contributed by atoms with van der Waals surface area (Å²) >= 11 is 1.28. The zero-order chi connectivity index (χ0) is 24.3. The number of nitrogens with one attached hydrogen (secondary N) is 3. The number of piperazine rings is 1. The van der Waals surface area contributed by atoms with Gasteiger partial charge in [0, 0.05) is 31.1 Å². The summed E-state index contributed by atoms with van der Waals surface area (Å²) in [6, 6.07) is 5.77. The van der Waals surface area contributed by atoms with Crippen LogP contribution in [0.15, 0.2) is 17.0 Å². The molecule has 34 heavy (non-hydrogen) atoms. The largest absolute Gasteiger partial charge is 0.375 e. The molecule has 0 radical (unpaired) electrons. The van der Waals surface area contributed by atoms with E-state index in [2.05, 4.69) is 28.8 Å². The lowest BCUT2D eigenvalue weighted by atomic mass is 10.0. The van der Waals surface area contributed by atoms with Gasteiger partial charge in [-0.15, -0.1) is 11.8 Å². The molecule has 3 N–H and O–H groups in total. The number of imidazole rings is 1. The fourth-order valence-corrected chi connectivity index (χ4v) is 6.41. The van der Waals surface area contributed by atoms with Gasteiger partial charge in [0.15, 0.2) is 5.54 Å². The third-order valence-electron chi connectivity index (χ3n) is 6.51. The van der Waals surface area contributed by atoms with E-state index in [0.717, 1.165) is 24.5 Å². The third-order valence-corrected chi connectivity index (χ3v) is 8.63. The Morgan fingerprint density at radius 3 is 2.53 bits per heavy atom. The molecule has 5 rings (SSSR count). The summed E-state index contributed by atoms with van der Waals surface area (Å²) in [7, 11) is -4.03. The molecule has 182 valence electrons. The fourth-order valence-electron chi connectivity index (χ4n) is 4.74. The second-order valence-electron chi connectivity index (χ2n) is 9.56. The fraction of sp³-hybridized carbons (Fsp3) is 0.591. The van der Waals surface area contributed by atoms with Crippen molar-refractivity contribution in [3.05, 3.63) is 23.7 Å². The minimum atomic E-state index is -4.03. The molecular formula is C22H29N7O3S2. The average molecular weight is 504 g/mol. The normalized spacial score (nSPS) is 24.6. The lowest BCUT2D eigenvalue weighted by Gasteiger charge is -2.38. The van der Waals surface area contributed by atoms with Gasteiger partial charge in [-0.25, -0.2) is 13.4 Å². The molecule has 3 aliphatic rings. The van der Waals surface area contributed by atoms with Gasteiger partial charge in [0.1, 0.15) is 22.4 Å². The van der Waals surface area contributed by atoms with Gasteiger partial charge >= 0.3 is 0 Å². The molecule has 4 heterocycles. The molecule has 1 saturated carbocycles. The summed E-state index contributed by atoms with van der Waals surface area (Å²) in [5.74, 6) is 1.95. The van der Waals surface area contributed by atoms with Crippen LogP contribution in [0.4, 0.5) is 5.82 Å². The Bertz CT molecular complexity index is 1280. The number of aromatic nitrogens is 2. The lowest BCUT2D eigenvalue weighted by Crippen LogP contribution is -2.61. The molecule has 2 aromatic rings. The summed E-state index contributed by atoms with van der Waals surface area (Å²) in [6.45, 7) is 5.69. The summed E-state index contributed by atoms with van der Waals surface area (Å²) in [5, 5.41) is 21.8. The van der Waals surface area contributed by atoms with Crippen LogP contribution in [0.3, 0.4) is 0 Å². The standard InChI is InChI=1S/C22H29N7O3S2/c1-13-8-28(9-14(2)25-13)18-7-16(34(30,31)27-22(10-23)11-32-12-22)6-17-19(20(24)33-3)26-21(29(17)18)15-4-5-15/h6-7,13-15,24-25,27H,4-5,8-9,11-12H2,1-3H3/t13-,14-/m0/s1. The zero-order valence-electron chi connectivity index (χ0n) is 19.5. The number of sulfonamides is 1. The second-order valence-corrected chi connectivity index (χ2v) is 12.1. The molecule has 2 aliphatic heterocycles. The van der Waals surface area contributed by atoms with Gasteiger partial charge in [-0.3, -0.25) is 9.81 Å². The molecule has 3 fully saturated rings. The molecule has 10 nitrogen and oxygen atoms in total. The Morgan fingerprint density at radius 1 is 1.32 bits per heavy atom. The summed E-state index contributed by atoms with van der Waals surface area (Å²) in [4.78, 5) is 7.11. The third kappa shape index (κ3) is 4.09. The topological polar surface area (TPSA) is 136 Å². The van der Waals surface area contributed by atoms with E-state index in [-0.39, 0.29) is 30.2 Å². The van der Waals surface area contributed by atoms with Gasteiger partial charge < -0.3 is 15.0 Å². The maximum absolute atomic E-state index is 13.5. The number of hydrogen-bond donors (Lipinski definition) is 3. The smallest absolute Gasteiger partial charge is 0.242 e. The monoisotopic (exact) mass is 503 g/mol. The van der Waals surface area contributed by atoms with Gasteiger partial charge in [0.05, 0.1) is 29.7 Å². The van der Waals surface area contributed by atoms with Crippen LogP contribution in [-0.2, 0) is 14.8 Å². The van der Waals surface area contributed by atoms with E-state index in [1.807, 2.05) is 16.7 Å². The predicted molar refractivity (Wildman–Crippen MR) is 131 cm³/mol. The maximum atomic E-state index is 13.5. The van der Waals surface area contributed by atoms with Crippen molar-refractivity contribution in [1.82, 2.24) is 19.4 Å². The minimum Gasteiger partial charge on any atom is -0.375 e. The first kappa shape index (κ1) is 23.6. The average Bonchev–Trinajstić information content (AvgIpc) is 3.54. The van der Waals surface area contributed by atoms with Crippen molar-refractivity contribution in [3.8, 4) is 6.07 Å². The number of rotatable bonds is 6. The second kappa shape index (κ2) is 8.49. The number of fused-ring (bicyclic) bond motifs is 1. The molecule has 12 heteroatoms. The molecule has 2 saturated heterocycles. The summed E-state index contributed by atoms with van der Waals surface area (Å²) in [5.41, 5.74) is -0.156. The molecule has 0 amide bonds. The van der Waals surface area contributed by atoms with Crippen LogP contribution in [0.2, 0.25) is 0 Å². The first-order valence-electron chi connectivity index (χ1n) is 11.4. The van der Waals surface area contributed by atoms with E-state index in [1.54, 1.807) is 12.1 Å². The van der Waals surface area contributed by atoms with Crippen LogP contribution in [0.5, 0.6) is 0 Å². The maximum Gasteiger partial charge on any atom is 0.242 e. The predicted octanol–water partition coefficient (Wildman–Crippen LogP) is 1.66. The number of nitriles is 1. The number of ether oxygens (including phenoxy) is 1. The van der Waals surface area contributed by atoms with Gasteiger partial charge in [-0.05, 0) is 45.1 Å². The highest BCUT2D eigenvalue weighted by molar-refractivity contribution is 8.13. The van der Waals surface area contributed by atoms with Crippen LogP contribution in [0.25, 0.3) is 5.52 Å². The Hall–Kier alpha value is -2.17. The summed E-state index contributed by atoms with van der Waals surface area (Å²) < 4.78 is 36.7. The zero-order valence-corrected chi connectivity index (χ0v) is 21.1. The van der Waals surface area contributed by atoms with Crippen molar-refractivity contribution < 1.29 is 13.2 Å². The van der Waals surface area contributed by atoms with Gasteiger partial charge in [-0.1, -0.05) is 0 Å². The Balaban J connectivity index is 1.71. The Kier molecular flexibility index (Phi) is 5.89. The molecule has 0 bridgehead atoms. The number of pyridine rings is 1. The number of hydrogen-bond acceptors (Lipinski definition) is 9. The molecular weight excluding hydrogens is 474 g/mol. The van der Waals surface area contributed by atoms with Crippen LogP contribution in [0.1, 0.15) is 44.1 Å². The summed E-state index contributed by atoms with van der Waals surface area (Å²) in [6.07, 6.45) is 3.89. The van der Waals surface area contributed by atoms with Gasteiger partial charge in [0.25, 0.3) is 0 Å². The van der Waals surface area contributed by atoms with Crippen molar-refractivity contribution in [2.75, 3.05) is 37.5 Å². The van der Waals surface area contributed by atoms with Gasteiger partial charge in [-0.2, -0.15) is 9.98 Å². The van der Waals surface area contributed by atoms with Crippen molar-refractivity contribution in [2.24, 2.45) is 0 Å². The SMILES string of the molecule is CSC(=N)c1nc(C2CC2)n2c(N3C[C@H](C)N[C@@H](C)C3)cc(S(=O)(=O)NC3(C#N)COC3)cc12. The quantitative estimate of drug-likeness (QED) is 0.400. The Labute approximate surface area is 203 Å². The van der Waals surface area contributed by atoms with Gasteiger partial charge in [0.2, 0.25) is 10.0 Å². The van der Waals surface area contributed by atoms with E-state index in [1.165, 1.54) is 11.8 Å². The molecule has 2 atom stereocenters. The highest BCUT2D eigenvalue weighted by Gasteiger charge is 2.43. The molecule has 0 spiro atoms. The number of anilines is 1. The first-order chi connectivity index (χ1) is 16.2. The van der Waals surface area contributed by atoms with E-state index < -0.39 is 15.6 Å². The van der Waals surface area contributed by atoms with Crippen LogP contribution < -0.4 is 14.9 Å². The van der Waals surface area contributed by atoms with E-state index in [4.69, 9.17) is 15.1 Å². The molecule has 2 aromatic heterocycles. The van der Waals surface area contributed by atoms with Crippen LogP contribution in [0, 0.1) is 16.7 Å². The van der Waals surface area contributed by atoms with Crippen molar-refractivity contribution in [1.29, 1.82) is 10.7 Å². The first-order valence-corrected chi connectivity index (χ1v) is 14.1. The highest BCUT2D eigenvalue weighted by Crippen LogP contribution is 2.42. The van der Waals surface area contributed by atoms with E-state index in [9.17, 15) is 13.7 Å². The molecule has 1 aliphatic carbocycles. The van der Waals surface area contributed by atoms with Crippen molar-refractivity contribution in [2.45, 2.75) is 55.1 Å². The lowest BCUT2D eigenvalue weighted by molar-refractivity contribution is -0.0324. The van der Waals surface area contributed by atoms with E-state index in [0.29, 0.717) is 35.3 Å². The Morgan fingerprint density at radius 2 is 2.00 bits per heavy atom. The van der Waals surface area contributed by atoms with Crippen molar-refractivity contribution in [3.63, 3.8) is 0 Å². The van der Waals surface area contributed by atoms with Crippen LogP contribution in [-0.4, -0.2) is 73.0 Å². The number of nitrogens with zero attached hydrogens (tertiary/aromatic N) is 4. The molecule has 0 unspecified atom stereocenters. The highest BCUT2D eigenvalue weighted by atomic mass is 32.2.